The van der Waals surface area contributed by atoms with Gasteiger partial charge in [0.15, 0.2) is 6.10 Å². The van der Waals surface area contributed by atoms with E-state index in [4.69, 9.17) is 16.3 Å². The van der Waals surface area contributed by atoms with E-state index in [1.54, 1.807) is 43.3 Å². The van der Waals surface area contributed by atoms with Crippen molar-refractivity contribution in [2.45, 2.75) is 24.3 Å². The van der Waals surface area contributed by atoms with E-state index < -0.39 is 16.1 Å². The SMILES string of the molecule is Cc1ccc(NC(=O)C2Cc3ccccc3O2)cc1S(=O)(=O)Nc1ccccc1Cl. The summed E-state index contributed by atoms with van der Waals surface area (Å²) in [6.07, 6.45) is -0.197. The first kappa shape index (κ1) is 20.3. The number of sulfonamides is 1. The minimum atomic E-state index is -3.90. The molecule has 0 spiro atoms. The van der Waals surface area contributed by atoms with Gasteiger partial charge in [0.2, 0.25) is 0 Å². The molecular weight excluding hydrogens is 424 g/mol. The third-order valence-electron chi connectivity index (χ3n) is 4.80. The summed E-state index contributed by atoms with van der Waals surface area (Å²) in [4.78, 5) is 12.7. The van der Waals surface area contributed by atoms with Crippen LogP contribution in [0.5, 0.6) is 5.75 Å². The van der Waals surface area contributed by atoms with Crippen LogP contribution in [0.4, 0.5) is 11.4 Å². The molecule has 3 aromatic carbocycles. The zero-order valence-corrected chi connectivity index (χ0v) is 17.6. The lowest BCUT2D eigenvalue weighted by molar-refractivity contribution is -0.122. The van der Waals surface area contributed by atoms with E-state index in [9.17, 15) is 13.2 Å². The number of para-hydroxylation sites is 2. The van der Waals surface area contributed by atoms with Crippen molar-refractivity contribution >= 4 is 38.9 Å². The molecule has 4 rings (SSSR count). The van der Waals surface area contributed by atoms with E-state index in [1.807, 2.05) is 24.3 Å². The van der Waals surface area contributed by atoms with E-state index in [0.29, 0.717) is 28.4 Å². The van der Waals surface area contributed by atoms with Gasteiger partial charge in [-0.25, -0.2) is 8.42 Å². The van der Waals surface area contributed by atoms with Gasteiger partial charge in [0.05, 0.1) is 15.6 Å². The molecule has 1 heterocycles. The van der Waals surface area contributed by atoms with E-state index in [2.05, 4.69) is 10.0 Å². The molecule has 0 radical (unpaired) electrons. The lowest BCUT2D eigenvalue weighted by Crippen LogP contribution is -2.31. The monoisotopic (exact) mass is 442 g/mol. The molecule has 1 atom stereocenters. The number of carbonyl (C=O) groups excluding carboxylic acids is 1. The smallest absolute Gasteiger partial charge is 0.265 e. The first-order valence-electron chi connectivity index (χ1n) is 9.27. The number of hydrogen-bond acceptors (Lipinski definition) is 4. The summed E-state index contributed by atoms with van der Waals surface area (Å²) in [5.41, 5.74) is 2.15. The van der Waals surface area contributed by atoms with E-state index in [1.165, 1.54) is 6.07 Å². The lowest BCUT2D eigenvalue weighted by Gasteiger charge is -2.15. The highest BCUT2D eigenvalue weighted by Crippen LogP contribution is 2.30. The maximum atomic E-state index is 12.9. The Labute approximate surface area is 179 Å². The van der Waals surface area contributed by atoms with Gasteiger partial charge in [-0.05, 0) is 48.4 Å². The highest BCUT2D eigenvalue weighted by Gasteiger charge is 2.29. The van der Waals surface area contributed by atoms with Gasteiger partial charge < -0.3 is 10.1 Å². The van der Waals surface area contributed by atoms with E-state index in [0.717, 1.165) is 5.56 Å². The maximum absolute atomic E-state index is 12.9. The number of ether oxygens (including phenoxy) is 1. The molecule has 3 aromatic rings. The van der Waals surface area contributed by atoms with Crippen LogP contribution in [0.25, 0.3) is 0 Å². The van der Waals surface area contributed by atoms with Crippen molar-refractivity contribution in [2.24, 2.45) is 0 Å². The van der Waals surface area contributed by atoms with Crippen molar-refractivity contribution in [3.8, 4) is 5.75 Å². The molecule has 0 aliphatic carbocycles. The minimum absolute atomic E-state index is 0.0517. The summed E-state index contributed by atoms with van der Waals surface area (Å²) in [6, 6.07) is 18.8. The van der Waals surface area contributed by atoms with E-state index >= 15 is 0 Å². The summed E-state index contributed by atoms with van der Waals surface area (Å²) in [7, 11) is -3.90. The molecule has 1 aliphatic rings. The van der Waals surface area contributed by atoms with Crippen LogP contribution >= 0.6 is 11.6 Å². The summed E-state index contributed by atoms with van der Waals surface area (Å²) in [5.74, 6) is 0.353. The number of aryl methyl sites for hydroxylation is 1. The lowest BCUT2D eigenvalue weighted by atomic mass is 10.1. The average molecular weight is 443 g/mol. The highest BCUT2D eigenvalue weighted by molar-refractivity contribution is 7.92. The number of benzene rings is 3. The Morgan fingerprint density at radius 2 is 1.80 bits per heavy atom. The van der Waals surface area contributed by atoms with Crippen molar-refractivity contribution < 1.29 is 17.9 Å². The Kier molecular flexibility index (Phi) is 5.40. The number of anilines is 2. The molecule has 0 bridgehead atoms. The molecule has 1 aliphatic heterocycles. The summed E-state index contributed by atoms with van der Waals surface area (Å²) in [6.45, 7) is 1.68. The fraction of sp³-hybridized carbons (Fsp3) is 0.136. The Morgan fingerprint density at radius 1 is 1.07 bits per heavy atom. The largest absolute Gasteiger partial charge is 0.480 e. The van der Waals surface area contributed by atoms with Crippen LogP contribution in [-0.4, -0.2) is 20.4 Å². The molecule has 6 nitrogen and oxygen atoms in total. The summed E-state index contributed by atoms with van der Waals surface area (Å²) < 4.78 is 34.0. The Bertz CT molecular complexity index is 1200. The second kappa shape index (κ2) is 8.01. The minimum Gasteiger partial charge on any atom is -0.480 e. The molecule has 1 amide bonds. The molecular formula is C22H19ClN2O4S. The predicted octanol–water partition coefficient (Wildman–Crippen LogP) is 4.39. The molecule has 154 valence electrons. The number of amides is 1. The molecule has 0 saturated heterocycles. The first-order chi connectivity index (χ1) is 14.3. The average Bonchev–Trinajstić information content (AvgIpc) is 3.15. The van der Waals surface area contributed by atoms with Crippen LogP contribution in [-0.2, 0) is 21.2 Å². The van der Waals surface area contributed by atoms with Gasteiger partial charge in [0, 0.05) is 12.1 Å². The molecule has 2 N–H and O–H groups in total. The van der Waals surface area contributed by atoms with E-state index in [-0.39, 0.29) is 16.5 Å². The van der Waals surface area contributed by atoms with Crippen LogP contribution in [0.15, 0.2) is 71.6 Å². The topological polar surface area (TPSA) is 84.5 Å². The zero-order chi connectivity index (χ0) is 21.3. The molecule has 8 heteroatoms. The van der Waals surface area contributed by atoms with Gasteiger partial charge in [0.1, 0.15) is 5.75 Å². The predicted molar refractivity (Wildman–Crippen MR) is 117 cm³/mol. The van der Waals surface area contributed by atoms with Gasteiger partial charge in [-0.1, -0.05) is 48.0 Å². The Morgan fingerprint density at radius 3 is 2.57 bits per heavy atom. The Hall–Kier alpha value is -3.03. The third kappa shape index (κ3) is 4.13. The van der Waals surface area contributed by atoms with Gasteiger partial charge in [-0.3, -0.25) is 9.52 Å². The quantitative estimate of drug-likeness (QED) is 0.613. The number of nitrogens with one attached hydrogen (secondary N) is 2. The van der Waals surface area contributed by atoms with Gasteiger partial charge in [-0.15, -0.1) is 0 Å². The van der Waals surface area contributed by atoms with Crippen molar-refractivity contribution in [1.29, 1.82) is 0 Å². The molecule has 30 heavy (non-hydrogen) atoms. The highest BCUT2D eigenvalue weighted by atomic mass is 35.5. The van der Waals surface area contributed by atoms with Crippen molar-refractivity contribution in [3.63, 3.8) is 0 Å². The fourth-order valence-corrected chi connectivity index (χ4v) is 4.85. The van der Waals surface area contributed by atoms with Gasteiger partial charge >= 0.3 is 0 Å². The maximum Gasteiger partial charge on any atom is 0.265 e. The molecule has 0 fully saturated rings. The van der Waals surface area contributed by atoms with Crippen LogP contribution < -0.4 is 14.8 Å². The van der Waals surface area contributed by atoms with Gasteiger partial charge in [-0.2, -0.15) is 0 Å². The zero-order valence-electron chi connectivity index (χ0n) is 16.1. The van der Waals surface area contributed by atoms with Crippen LogP contribution in [0.3, 0.4) is 0 Å². The van der Waals surface area contributed by atoms with Crippen molar-refractivity contribution in [3.05, 3.63) is 82.9 Å². The van der Waals surface area contributed by atoms with Crippen LogP contribution in [0, 0.1) is 6.92 Å². The molecule has 1 unspecified atom stereocenters. The van der Waals surface area contributed by atoms with Crippen molar-refractivity contribution in [1.82, 2.24) is 0 Å². The van der Waals surface area contributed by atoms with Crippen LogP contribution in [0.1, 0.15) is 11.1 Å². The second-order valence-electron chi connectivity index (χ2n) is 6.97. The molecule has 0 saturated carbocycles. The number of fused-ring (bicyclic) bond motifs is 1. The summed E-state index contributed by atoms with van der Waals surface area (Å²) >= 11 is 6.07. The van der Waals surface area contributed by atoms with Crippen molar-refractivity contribution in [2.75, 3.05) is 10.0 Å². The number of halogens is 1. The van der Waals surface area contributed by atoms with Gasteiger partial charge in [0.25, 0.3) is 15.9 Å². The normalized spacial score (nSPS) is 15.2. The second-order valence-corrected chi connectivity index (χ2v) is 9.03. The molecule has 0 aromatic heterocycles. The Balaban J connectivity index is 1.53. The number of carbonyl (C=O) groups is 1. The standard InChI is InChI=1S/C22H19ClN2O4S/c1-14-10-11-16(24-22(26)20-12-15-6-2-5-9-19(15)29-20)13-21(14)30(27,28)25-18-8-4-3-7-17(18)23/h2-11,13,20,25H,12H2,1H3,(H,24,26). The third-order valence-corrected chi connectivity index (χ3v) is 6.64. The fourth-order valence-electron chi connectivity index (χ4n) is 3.26. The first-order valence-corrected chi connectivity index (χ1v) is 11.1. The van der Waals surface area contributed by atoms with Crippen LogP contribution in [0.2, 0.25) is 5.02 Å². The summed E-state index contributed by atoms with van der Waals surface area (Å²) in [5, 5.41) is 3.04. The number of hydrogen-bond donors (Lipinski definition) is 2. The number of rotatable bonds is 5.